The lowest BCUT2D eigenvalue weighted by atomic mass is 9.68. The van der Waals surface area contributed by atoms with Gasteiger partial charge in [0.1, 0.15) is 5.60 Å². The van der Waals surface area contributed by atoms with Gasteiger partial charge in [-0.2, -0.15) is 0 Å². The number of aliphatic hydroxyl groups is 1. The van der Waals surface area contributed by atoms with E-state index in [1.807, 2.05) is 66.7 Å². The van der Waals surface area contributed by atoms with E-state index in [1.165, 1.54) is 18.4 Å². The van der Waals surface area contributed by atoms with Gasteiger partial charge in [0.15, 0.2) is 0 Å². The lowest BCUT2D eigenvalue weighted by molar-refractivity contribution is 0.0302. The van der Waals surface area contributed by atoms with Gasteiger partial charge in [-0.1, -0.05) is 97.4 Å². The Morgan fingerprint density at radius 1 is 0.741 bits per heavy atom. The van der Waals surface area contributed by atoms with E-state index in [1.54, 1.807) is 0 Å². The van der Waals surface area contributed by atoms with Crippen molar-refractivity contribution in [3.63, 3.8) is 0 Å². The molecule has 2 heteroatoms. The summed E-state index contributed by atoms with van der Waals surface area (Å²) in [4.78, 5) is 0. The van der Waals surface area contributed by atoms with Crippen molar-refractivity contribution in [2.75, 3.05) is 6.54 Å². The molecule has 0 spiro atoms. The molecule has 27 heavy (non-hydrogen) atoms. The standard InChI is InChI=1S/C25H27NO/c27-25(21-14-6-2-7-15-21,22-16-8-3-9-17-22)24(20-12-4-1-5-13-20)23-18-10-11-19-26-23/h1-9,12-17,23-24,26-27H,10-11,18-19H2/t23?,24-/m0/s1. The van der Waals surface area contributed by atoms with Gasteiger partial charge in [0.05, 0.1) is 0 Å². The summed E-state index contributed by atoms with van der Waals surface area (Å²) in [6, 6.07) is 31.0. The van der Waals surface area contributed by atoms with Crippen molar-refractivity contribution in [1.82, 2.24) is 5.32 Å². The predicted octanol–water partition coefficient (Wildman–Crippen LogP) is 4.85. The topological polar surface area (TPSA) is 32.3 Å². The van der Waals surface area contributed by atoms with E-state index >= 15 is 0 Å². The number of hydrogen-bond donors (Lipinski definition) is 2. The van der Waals surface area contributed by atoms with Crippen LogP contribution < -0.4 is 5.32 Å². The van der Waals surface area contributed by atoms with Crippen molar-refractivity contribution in [3.8, 4) is 0 Å². The first-order chi connectivity index (χ1) is 13.3. The summed E-state index contributed by atoms with van der Waals surface area (Å²) in [5.74, 6) is -0.0659. The highest BCUT2D eigenvalue weighted by atomic mass is 16.3. The van der Waals surface area contributed by atoms with Crippen molar-refractivity contribution in [1.29, 1.82) is 0 Å². The van der Waals surface area contributed by atoms with Crippen LogP contribution in [0.2, 0.25) is 0 Å². The van der Waals surface area contributed by atoms with Gasteiger partial charge in [0.25, 0.3) is 0 Å². The molecule has 2 nitrogen and oxygen atoms in total. The van der Waals surface area contributed by atoms with Crippen molar-refractivity contribution in [2.45, 2.75) is 36.8 Å². The third-order valence-electron chi connectivity index (χ3n) is 5.79. The van der Waals surface area contributed by atoms with E-state index in [0.717, 1.165) is 24.1 Å². The highest BCUT2D eigenvalue weighted by molar-refractivity contribution is 5.43. The Labute approximate surface area is 161 Å². The van der Waals surface area contributed by atoms with E-state index in [0.29, 0.717) is 0 Å². The third kappa shape index (κ3) is 3.55. The SMILES string of the molecule is OC(c1ccccc1)(c1ccccc1)[C@@H](c1ccccc1)C1CCCCN1. The normalized spacial score (nSPS) is 18.8. The average Bonchev–Trinajstić information content (AvgIpc) is 2.76. The Balaban J connectivity index is 1.91. The zero-order valence-electron chi connectivity index (χ0n) is 15.6. The maximum atomic E-state index is 12.4. The Hall–Kier alpha value is -2.42. The summed E-state index contributed by atoms with van der Waals surface area (Å²) in [5.41, 5.74) is 1.96. The second kappa shape index (κ2) is 8.08. The van der Waals surface area contributed by atoms with Crippen LogP contribution in [0, 0.1) is 0 Å². The Bertz CT molecular complexity index is 786. The van der Waals surface area contributed by atoms with Crippen LogP contribution >= 0.6 is 0 Å². The number of hydrogen-bond acceptors (Lipinski definition) is 2. The lowest BCUT2D eigenvalue weighted by Crippen LogP contribution is -2.48. The second-order valence-corrected chi connectivity index (χ2v) is 7.44. The largest absolute Gasteiger partial charge is 0.380 e. The maximum Gasteiger partial charge on any atom is 0.123 e. The Morgan fingerprint density at radius 2 is 1.26 bits per heavy atom. The molecule has 1 aliphatic rings. The molecule has 2 N–H and O–H groups in total. The van der Waals surface area contributed by atoms with Crippen LogP contribution in [-0.2, 0) is 5.60 Å². The molecule has 1 heterocycles. The van der Waals surface area contributed by atoms with Gasteiger partial charge >= 0.3 is 0 Å². The molecule has 1 aliphatic heterocycles. The van der Waals surface area contributed by atoms with Crippen LogP contribution in [-0.4, -0.2) is 17.7 Å². The lowest BCUT2D eigenvalue weighted by Gasteiger charge is -2.43. The van der Waals surface area contributed by atoms with Crippen molar-refractivity contribution in [2.24, 2.45) is 0 Å². The summed E-state index contributed by atoms with van der Waals surface area (Å²) in [7, 11) is 0. The van der Waals surface area contributed by atoms with Gasteiger partial charge in [-0.05, 0) is 36.1 Å². The summed E-state index contributed by atoms with van der Waals surface area (Å²) < 4.78 is 0. The van der Waals surface area contributed by atoms with Gasteiger partial charge in [-0.3, -0.25) is 0 Å². The first-order valence-electron chi connectivity index (χ1n) is 9.92. The van der Waals surface area contributed by atoms with Gasteiger partial charge < -0.3 is 10.4 Å². The van der Waals surface area contributed by atoms with E-state index in [-0.39, 0.29) is 12.0 Å². The zero-order chi connectivity index (χ0) is 18.5. The molecule has 0 bridgehead atoms. The monoisotopic (exact) mass is 357 g/mol. The fourth-order valence-corrected chi connectivity index (χ4v) is 4.50. The first kappa shape index (κ1) is 18.0. The van der Waals surface area contributed by atoms with Crippen LogP contribution in [0.25, 0.3) is 0 Å². The molecule has 1 saturated heterocycles. The average molecular weight is 357 g/mol. The molecule has 0 amide bonds. The highest BCUT2D eigenvalue weighted by Crippen LogP contribution is 2.45. The van der Waals surface area contributed by atoms with Crippen molar-refractivity contribution < 1.29 is 5.11 Å². The van der Waals surface area contributed by atoms with Crippen LogP contribution in [0.5, 0.6) is 0 Å². The molecule has 138 valence electrons. The van der Waals surface area contributed by atoms with Gasteiger partial charge in [0, 0.05) is 12.0 Å². The smallest absolute Gasteiger partial charge is 0.123 e. The molecule has 3 aromatic rings. The van der Waals surface area contributed by atoms with E-state index in [4.69, 9.17) is 0 Å². The summed E-state index contributed by atoms with van der Waals surface area (Å²) in [5, 5.41) is 16.1. The molecule has 0 radical (unpaired) electrons. The van der Waals surface area contributed by atoms with Gasteiger partial charge in [-0.25, -0.2) is 0 Å². The molecule has 1 unspecified atom stereocenters. The number of piperidine rings is 1. The quantitative estimate of drug-likeness (QED) is 0.684. The number of rotatable bonds is 5. The minimum Gasteiger partial charge on any atom is -0.380 e. The molecular weight excluding hydrogens is 330 g/mol. The summed E-state index contributed by atoms with van der Waals surface area (Å²) >= 11 is 0. The van der Waals surface area contributed by atoms with E-state index in [9.17, 15) is 5.11 Å². The van der Waals surface area contributed by atoms with Crippen LogP contribution in [0.15, 0.2) is 91.0 Å². The number of nitrogens with one attached hydrogen (secondary N) is 1. The Morgan fingerprint density at radius 3 is 1.74 bits per heavy atom. The fraction of sp³-hybridized carbons (Fsp3) is 0.280. The van der Waals surface area contributed by atoms with Crippen molar-refractivity contribution >= 4 is 0 Å². The molecule has 2 atom stereocenters. The van der Waals surface area contributed by atoms with Crippen LogP contribution in [0.4, 0.5) is 0 Å². The number of benzene rings is 3. The molecule has 4 rings (SSSR count). The molecule has 3 aromatic carbocycles. The Kier molecular flexibility index (Phi) is 5.38. The van der Waals surface area contributed by atoms with Crippen LogP contribution in [0.3, 0.4) is 0 Å². The molecule has 0 saturated carbocycles. The molecule has 1 fully saturated rings. The van der Waals surface area contributed by atoms with Gasteiger partial charge in [0.2, 0.25) is 0 Å². The molecular formula is C25H27NO. The summed E-state index contributed by atoms with van der Waals surface area (Å²) in [6.45, 7) is 1.01. The van der Waals surface area contributed by atoms with E-state index in [2.05, 4.69) is 29.6 Å². The fourth-order valence-electron chi connectivity index (χ4n) is 4.50. The van der Waals surface area contributed by atoms with Crippen LogP contribution in [0.1, 0.15) is 41.9 Å². The molecule has 0 aliphatic carbocycles. The van der Waals surface area contributed by atoms with Crippen molar-refractivity contribution in [3.05, 3.63) is 108 Å². The summed E-state index contributed by atoms with van der Waals surface area (Å²) in [6.07, 6.45) is 3.47. The second-order valence-electron chi connectivity index (χ2n) is 7.44. The zero-order valence-corrected chi connectivity index (χ0v) is 15.6. The molecule has 0 aromatic heterocycles. The van der Waals surface area contributed by atoms with E-state index < -0.39 is 5.60 Å². The maximum absolute atomic E-state index is 12.4. The minimum absolute atomic E-state index is 0.0659. The third-order valence-corrected chi connectivity index (χ3v) is 5.79. The highest BCUT2D eigenvalue weighted by Gasteiger charge is 2.45. The first-order valence-corrected chi connectivity index (χ1v) is 9.92. The predicted molar refractivity (Wildman–Crippen MR) is 111 cm³/mol. The minimum atomic E-state index is -1.10. The van der Waals surface area contributed by atoms with Gasteiger partial charge in [-0.15, -0.1) is 0 Å².